The fourth-order valence-corrected chi connectivity index (χ4v) is 3.36. The van der Waals surface area contributed by atoms with Crippen LogP contribution in [0, 0.1) is 6.92 Å². The smallest absolute Gasteiger partial charge is 0.223 e. The fraction of sp³-hybridized carbons (Fsp3) is 0.667. The molecule has 2 N–H and O–H groups in total. The Balaban J connectivity index is 2.34. The molecule has 2 rings (SSSR count). The first-order valence-electron chi connectivity index (χ1n) is 6.10. The molecular weight excluding hydrogens is 234 g/mol. The summed E-state index contributed by atoms with van der Waals surface area (Å²) in [6.07, 6.45) is 2.39. The van der Waals surface area contributed by atoms with E-state index in [1.807, 2.05) is 24.1 Å². The Labute approximate surface area is 106 Å². The molecule has 0 aliphatic carbocycles. The Morgan fingerprint density at radius 3 is 3.00 bits per heavy atom. The van der Waals surface area contributed by atoms with E-state index >= 15 is 0 Å². The number of aryl methyl sites for hydroxylation is 1. The van der Waals surface area contributed by atoms with E-state index in [1.165, 1.54) is 0 Å². The van der Waals surface area contributed by atoms with E-state index in [0.29, 0.717) is 13.0 Å². The minimum absolute atomic E-state index is 0.00644. The van der Waals surface area contributed by atoms with Crippen LogP contribution in [0.3, 0.4) is 0 Å². The predicted octanol–water partition coefficient (Wildman–Crippen LogP) is 1.85. The Morgan fingerprint density at radius 2 is 2.41 bits per heavy atom. The molecule has 0 saturated carbocycles. The number of hydrogen-bond donors (Lipinski definition) is 1. The average Bonchev–Trinajstić information content (AvgIpc) is 2.65. The molecule has 1 fully saturated rings. The molecule has 1 saturated heterocycles. The topological polar surface area (TPSA) is 59.2 Å². The molecule has 0 aromatic carbocycles. The summed E-state index contributed by atoms with van der Waals surface area (Å²) >= 11 is 1.61. The highest BCUT2D eigenvalue weighted by Gasteiger charge is 2.33. The molecule has 0 spiro atoms. The van der Waals surface area contributed by atoms with Crippen LogP contribution in [-0.4, -0.2) is 28.4 Å². The maximum atomic E-state index is 12.0. The third-order valence-electron chi connectivity index (χ3n) is 3.22. The van der Waals surface area contributed by atoms with Gasteiger partial charge >= 0.3 is 0 Å². The van der Waals surface area contributed by atoms with Crippen molar-refractivity contribution in [3.8, 4) is 0 Å². The number of nitrogens with two attached hydrogens (primary N) is 1. The van der Waals surface area contributed by atoms with Crippen molar-refractivity contribution in [2.45, 2.75) is 45.2 Å². The van der Waals surface area contributed by atoms with Gasteiger partial charge in [-0.25, -0.2) is 4.98 Å². The average molecular weight is 253 g/mol. The summed E-state index contributed by atoms with van der Waals surface area (Å²) in [5.41, 5.74) is 7.23. The van der Waals surface area contributed by atoms with Gasteiger partial charge in [-0.05, 0) is 26.7 Å². The first-order valence-corrected chi connectivity index (χ1v) is 6.98. The lowest BCUT2D eigenvalue weighted by Crippen LogP contribution is -2.42. The highest BCUT2D eigenvalue weighted by Crippen LogP contribution is 2.31. The molecule has 1 aromatic heterocycles. The number of aromatic nitrogens is 1. The second-order valence-electron chi connectivity index (χ2n) is 4.51. The first kappa shape index (κ1) is 12.5. The fourth-order valence-electron chi connectivity index (χ4n) is 2.37. The van der Waals surface area contributed by atoms with Gasteiger partial charge < -0.3 is 10.6 Å². The minimum atomic E-state index is -0.0336. The van der Waals surface area contributed by atoms with Gasteiger partial charge in [-0.2, -0.15) is 0 Å². The molecule has 1 aromatic rings. The van der Waals surface area contributed by atoms with Crippen molar-refractivity contribution in [1.82, 2.24) is 9.88 Å². The number of likely N-dealkylation sites (N-methyl/N-ethyl adjacent to an activating group) is 1. The number of likely N-dealkylation sites (tertiary alicyclic amines) is 1. The van der Waals surface area contributed by atoms with Gasteiger partial charge in [-0.3, -0.25) is 4.79 Å². The van der Waals surface area contributed by atoms with Crippen LogP contribution in [0.2, 0.25) is 0 Å². The Morgan fingerprint density at radius 1 is 1.65 bits per heavy atom. The monoisotopic (exact) mass is 253 g/mol. The van der Waals surface area contributed by atoms with Crippen LogP contribution < -0.4 is 5.73 Å². The van der Waals surface area contributed by atoms with Gasteiger partial charge in [0.2, 0.25) is 5.91 Å². The van der Waals surface area contributed by atoms with E-state index in [0.717, 1.165) is 23.5 Å². The molecule has 1 amide bonds. The molecule has 2 unspecified atom stereocenters. The van der Waals surface area contributed by atoms with Crippen LogP contribution in [0.5, 0.6) is 0 Å². The van der Waals surface area contributed by atoms with Crippen molar-refractivity contribution >= 4 is 17.2 Å². The van der Waals surface area contributed by atoms with Crippen LogP contribution >= 0.6 is 11.3 Å². The normalized spacial score (nSPS) is 26.1. The molecule has 2 atom stereocenters. The van der Waals surface area contributed by atoms with Gasteiger partial charge in [0.25, 0.3) is 0 Å². The molecule has 0 radical (unpaired) electrons. The van der Waals surface area contributed by atoms with Crippen LogP contribution in [0.4, 0.5) is 0 Å². The third kappa shape index (κ3) is 2.50. The van der Waals surface area contributed by atoms with E-state index in [-0.39, 0.29) is 18.0 Å². The summed E-state index contributed by atoms with van der Waals surface area (Å²) in [5.74, 6) is 0.207. The molecule has 0 bridgehead atoms. The van der Waals surface area contributed by atoms with Gasteiger partial charge in [-0.15, -0.1) is 11.3 Å². The number of carbonyl (C=O) groups is 1. The Bertz CT molecular complexity index is 404. The second-order valence-corrected chi connectivity index (χ2v) is 5.40. The summed E-state index contributed by atoms with van der Waals surface area (Å²) in [5, 5.41) is 3.00. The van der Waals surface area contributed by atoms with E-state index in [4.69, 9.17) is 5.73 Å². The number of hydrogen-bond acceptors (Lipinski definition) is 4. The number of nitrogens with zero attached hydrogens (tertiary/aromatic N) is 2. The molecular formula is C12H19N3OS. The molecule has 17 heavy (non-hydrogen) atoms. The second kappa shape index (κ2) is 5.14. The lowest BCUT2D eigenvalue weighted by Gasteiger charge is -2.31. The van der Waals surface area contributed by atoms with Gasteiger partial charge in [0.15, 0.2) is 0 Å². The maximum Gasteiger partial charge on any atom is 0.223 e. The summed E-state index contributed by atoms with van der Waals surface area (Å²) in [7, 11) is 0. The standard InChI is InChI=1S/C12H19N3OS/c1-3-15-10(16)6-4-5-9(13)11(15)12-14-8(2)7-17-12/h7,9,11H,3-6,13H2,1-2H3. The van der Waals surface area contributed by atoms with Crippen molar-refractivity contribution in [3.05, 3.63) is 16.1 Å². The van der Waals surface area contributed by atoms with E-state index in [9.17, 15) is 4.79 Å². The van der Waals surface area contributed by atoms with Crippen molar-refractivity contribution < 1.29 is 4.79 Å². The van der Waals surface area contributed by atoms with Crippen molar-refractivity contribution in [1.29, 1.82) is 0 Å². The summed E-state index contributed by atoms with van der Waals surface area (Å²) in [6, 6.07) is -0.0272. The maximum absolute atomic E-state index is 12.0. The lowest BCUT2D eigenvalue weighted by atomic mass is 10.0. The molecule has 2 heterocycles. The van der Waals surface area contributed by atoms with Crippen molar-refractivity contribution in [2.24, 2.45) is 5.73 Å². The molecule has 1 aliphatic rings. The van der Waals surface area contributed by atoms with Crippen LogP contribution in [0.1, 0.15) is 42.9 Å². The largest absolute Gasteiger partial charge is 0.332 e. The first-order chi connectivity index (χ1) is 8.13. The molecule has 1 aliphatic heterocycles. The van der Waals surface area contributed by atoms with E-state index < -0.39 is 0 Å². The van der Waals surface area contributed by atoms with E-state index in [1.54, 1.807) is 11.3 Å². The highest BCUT2D eigenvalue weighted by atomic mass is 32.1. The quantitative estimate of drug-likeness (QED) is 0.875. The SMILES string of the molecule is CCN1C(=O)CCCC(N)C1c1nc(C)cs1. The van der Waals surface area contributed by atoms with Gasteiger partial charge in [0.1, 0.15) is 5.01 Å². The van der Waals surface area contributed by atoms with Gasteiger partial charge in [-0.1, -0.05) is 0 Å². The summed E-state index contributed by atoms with van der Waals surface area (Å²) in [6.45, 7) is 4.68. The number of carbonyl (C=O) groups excluding carboxylic acids is 1. The third-order valence-corrected chi connectivity index (χ3v) is 4.25. The minimum Gasteiger partial charge on any atom is -0.332 e. The van der Waals surface area contributed by atoms with Gasteiger partial charge in [0.05, 0.1) is 6.04 Å². The number of rotatable bonds is 2. The van der Waals surface area contributed by atoms with Gasteiger partial charge in [0, 0.05) is 30.1 Å². The lowest BCUT2D eigenvalue weighted by molar-refractivity contribution is -0.133. The summed E-state index contributed by atoms with van der Waals surface area (Å²) in [4.78, 5) is 18.4. The number of thiazole rings is 1. The summed E-state index contributed by atoms with van der Waals surface area (Å²) < 4.78 is 0. The molecule has 4 nitrogen and oxygen atoms in total. The van der Waals surface area contributed by atoms with Crippen LogP contribution in [-0.2, 0) is 4.79 Å². The Hall–Kier alpha value is -0.940. The molecule has 5 heteroatoms. The zero-order chi connectivity index (χ0) is 12.4. The Kier molecular flexibility index (Phi) is 3.79. The van der Waals surface area contributed by atoms with Crippen LogP contribution in [0.15, 0.2) is 5.38 Å². The zero-order valence-electron chi connectivity index (χ0n) is 10.3. The highest BCUT2D eigenvalue weighted by molar-refractivity contribution is 7.09. The van der Waals surface area contributed by atoms with E-state index in [2.05, 4.69) is 4.98 Å². The zero-order valence-corrected chi connectivity index (χ0v) is 11.2. The van der Waals surface area contributed by atoms with Crippen molar-refractivity contribution in [2.75, 3.05) is 6.54 Å². The van der Waals surface area contributed by atoms with Crippen LogP contribution in [0.25, 0.3) is 0 Å². The number of amides is 1. The van der Waals surface area contributed by atoms with Crippen molar-refractivity contribution in [3.63, 3.8) is 0 Å². The predicted molar refractivity (Wildman–Crippen MR) is 68.8 cm³/mol. The molecule has 94 valence electrons.